The van der Waals surface area contributed by atoms with Crippen LogP contribution in [0, 0.1) is 11.3 Å². The zero-order chi connectivity index (χ0) is 22.1. The second-order valence-electron chi connectivity index (χ2n) is 6.83. The fourth-order valence-electron chi connectivity index (χ4n) is 2.97. The van der Waals surface area contributed by atoms with Crippen LogP contribution in [0.5, 0.6) is 0 Å². The van der Waals surface area contributed by atoms with Gasteiger partial charge in [-0.05, 0) is 49.4 Å². The number of ether oxygens (including phenoxy) is 1. The van der Waals surface area contributed by atoms with E-state index in [1.165, 1.54) is 17.7 Å². The molecule has 2 aromatic carbocycles. The van der Waals surface area contributed by atoms with Gasteiger partial charge in [-0.2, -0.15) is 10.4 Å². The maximum Gasteiger partial charge on any atom is 0.348 e. The van der Waals surface area contributed by atoms with E-state index >= 15 is 0 Å². The number of hydrogen-bond donors (Lipinski definition) is 0. The molecule has 0 N–H and O–H groups in total. The van der Waals surface area contributed by atoms with Crippen LogP contribution in [-0.2, 0) is 9.53 Å². The Balaban J connectivity index is 2.01. The first-order chi connectivity index (χ1) is 15.2. The maximum absolute atomic E-state index is 12.1. The van der Waals surface area contributed by atoms with Gasteiger partial charge >= 0.3 is 5.97 Å². The van der Waals surface area contributed by atoms with Gasteiger partial charge in [-0.3, -0.25) is 0 Å². The molecule has 5 nitrogen and oxygen atoms in total. The normalized spacial score (nSPS) is 11.2. The molecule has 0 spiro atoms. The molecular formula is C25H25N3O2S. The molecule has 0 fully saturated rings. The summed E-state index contributed by atoms with van der Waals surface area (Å²) in [6.45, 7) is 4.12. The molecule has 0 aliphatic rings. The van der Waals surface area contributed by atoms with Crippen LogP contribution in [0.1, 0.15) is 32.3 Å². The highest BCUT2D eigenvalue weighted by molar-refractivity contribution is 7.99. The number of rotatable bonds is 9. The molecule has 158 valence electrons. The second-order valence-corrected chi connectivity index (χ2v) is 8.00. The lowest BCUT2D eigenvalue weighted by Crippen LogP contribution is -2.06. The first kappa shape index (κ1) is 22.4. The number of aromatic nitrogens is 2. The molecule has 0 saturated carbocycles. The third-order valence-corrected chi connectivity index (χ3v) is 5.67. The summed E-state index contributed by atoms with van der Waals surface area (Å²) in [5.74, 6) is 0.462. The SMILES string of the molecule is CCCCSc1ccc(-c2nn(-c3ccccc3)cc2C=C(C#N)C(=O)OCC)cc1. The highest BCUT2D eigenvalue weighted by Crippen LogP contribution is 2.28. The first-order valence-electron chi connectivity index (χ1n) is 10.3. The summed E-state index contributed by atoms with van der Waals surface area (Å²) in [6, 6.07) is 19.9. The number of benzene rings is 2. The van der Waals surface area contributed by atoms with E-state index in [4.69, 9.17) is 9.84 Å². The van der Waals surface area contributed by atoms with Crippen molar-refractivity contribution in [1.29, 1.82) is 5.26 Å². The monoisotopic (exact) mass is 431 g/mol. The number of nitriles is 1. The van der Waals surface area contributed by atoms with Gasteiger partial charge in [0.15, 0.2) is 0 Å². The second kappa shape index (κ2) is 11.2. The first-order valence-corrected chi connectivity index (χ1v) is 11.3. The molecule has 0 radical (unpaired) electrons. The van der Waals surface area contributed by atoms with E-state index in [0.29, 0.717) is 11.3 Å². The summed E-state index contributed by atoms with van der Waals surface area (Å²) < 4.78 is 6.76. The lowest BCUT2D eigenvalue weighted by Gasteiger charge is -2.04. The molecule has 0 aliphatic heterocycles. The molecule has 3 aromatic rings. The molecule has 0 bridgehead atoms. The van der Waals surface area contributed by atoms with E-state index in [0.717, 1.165) is 17.0 Å². The third kappa shape index (κ3) is 5.87. The van der Waals surface area contributed by atoms with Crippen LogP contribution in [0.25, 0.3) is 23.0 Å². The van der Waals surface area contributed by atoms with Crippen molar-refractivity contribution in [2.24, 2.45) is 0 Å². The zero-order valence-electron chi connectivity index (χ0n) is 17.7. The Morgan fingerprint density at radius 3 is 2.55 bits per heavy atom. The Morgan fingerprint density at radius 1 is 1.16 bits per heavy atom. The summed E-state index contributed by atoms with van der Waals surface area (Å²) in [5, 5.41) is 14.2. The molecule has 0 aliphatic carbocycles. The fourth-order valence-corrected chi connectivity index (χ4v) is 3.97. The van der Waals surface area contributed by atoms with Crippen molar-refractivity contribution in [3.05, 3.63) is 71.9 Å². The number of nitrogens with zero attached hydrogens (tertiary/aromatic N) is 3. The Labute approximate surface area is 187 Å². The number of para-hydroxylation sites is 1. The molecule has 1 aromatic heterocycles. The minimum absolute atomic E-state index is 0.0533. The van der Waals surface area contributed by atoms with Crippen molar-refractivity contribution in [2.45, 2.75) is 31.6 Å². The zero-order valence-corrected chi connectivity index (χ0v) is 18.6. The number of unbranched alkanes of at least 4 members (excludes halogenated alkanes) is 1. The van der Waals surface area contributed by atoms with E-state index < -0.39 is 5.97 Å². The average Bonchev–Trinajstić information content (AvgIpc) is 3.23. The minimum atomic E-state index is -0.633. The number of thioether (sulfide) groups is 1. The average molecular weight is 432 g/mol. The number of hydrogen-bond acceptors (Lipinski definition) is 5. The van der Waals surface area contributed by atoms with Crippen molar-refractivity contribution in [1.82, 2.24) is 9.78 Å². The molecule has 3 rings (SSSR count). The maximum atomic E-state index is 12.1. The van der Waals surface area contributed by atoms with Gasteiger partial charge in [-0.25, -0.2) is 9.48 Å². The largest absolute Gasteiger partial charge is 0.462 e. The molecular weight excluding hydrogens is 406 g/mol. The van der Waals surface area contributed by atoms with Crippen molar-refractivity contribution >= 4 is 23.8 Å². The molecule has 0 atom stereocenters. The molecule has 0 saturated heterocycles. The van der Waals surface area contributed by atoms with Gasteiger partial charge in [0.25, 0.3) is 0 Å². The number of esters is 1. The van der Waals surface area contributed by atoms with Crippen molar-refractivity contribution in [3.8, 4) is 23.0 Å². The van der Waals surface area contributed by atoms with Crippen LogP contribution in [0.2, 0.25) is 0 Å². The lowest BCUT2D eigenvalue weighted by atomic mass is 10.1. The molecule has 1 heterocycles. The Hall–Kier alpha value is -3.30. The Bertz CT molecular complexity index is 1080. The topological polar surface area (TPSA) is 67.9 Å². The Morgan fingerprint density at radius 2 is 1.90 bits per heavy atom. The van der Waals surface area contributed by atoms with Crippen LogP contribution >= 0.6 is 11.8 Å². The molecule has 6 heteroatoms. The summed E-state index contributed by atoms with van der Waals surface area (Å²) >= 11 is 1.84. The van der Waals surface area contributed by atoms with Crippen molar-refractivity contribution in [3.63, 3.8) is 0 Å². The smallest absolute Gasteiger partial charge is 0.348 e. The van der Waals surface area contributed by atoms with Crippen LogP contribution in [0.15, 0.2) is 71.3 Å². The third-order valence-electron chi connectivity index (χ3n) is 4.57. The Kier molecular flexibility index (Phi) is 8.08. The van der Waals surface area contributed by atoms with Crippen molar-refractivity contribution < 1.29 is 9.53 Å². The predicted octanol–water partition coefficient (Wildman–Crippen LogP) is 5.90. The fraction of sp³-hybridized carbons (Fsp3) is 0.240. The number of carbonyl (C=O) groups is 1. The number of carbonyl (C=O) groups excluding carboxylic acids is 1. The van der Waals surface area contributed by atoms with E-state index in [2.05, 4.69) is 19.1 Å². The lowest BCUT2D eigenvalue weighted by molar-refractivity contribution is -0.137. The van der Waals surface area contributed by atoms with E-state index in [1.807, 2.05) is 66.5 Å². The summed E-state index contributed by atoms with van der Waals surface area (Å²) in [6.07, 6.45) is 5.74. The van der Waals surface area contributed by atoms with Gasteiger partial charge in [0.05, 0.1) is 18.0 Å². The standard InChI is InChI=1S/C25H25N3O2S/c1-3-5-15-31-23-13-11-19(12-14-23)24-21(16-20(17-26)25(29)30-4-2)18-28(27-24)22-9-7-6-8-10-22/h6-14,16,18H,3-5,15H2,1-2H3. The van der Waals surface area contributed by atoms with E-state index in [9.17, 15) is 10.1 Å². The van der Waals surface area contributed by atoms with Crippen LogP contribution in [-0.4, -0.2) is 28.1 Å². The van der Waals surface area contributed by atoms with Gasteiger partial charge < -0.3 is 4.74 Å². The van der Waals surface area contributed by atoms with Gasteiger partial charge in [-0.1, -0.05) is 43.7 Å². The van der Waals surface area contributed by atoms with Gasteiger partial charge in [-0.15, -0.1) is 11.8 Å². The van der Waals surface area contributed by atoms with Gasteiger partial charge in [0.1, 0.15) is 11.6 Å². The van der Waals surface area contributed by atoms with Crippen molar-refractivity contribution in [2.75, 3.05) is 12.4 Å². The van der Waals surface area contributed by atoms with Crippen LogP contribution in [0.3, 0.4) is 0 Å². The molecule has 0 amide bonds. The molecule has 31 heavy (non-hydrogen) atoms. The van der Waals surface area contributed by atoms with E-state index in [1.54, 1.807) is 17.7 Å². The summed E-state index contributed by atoms with van der Waals surface area (Å²) in [4.78, 5) is 13.3. The van der Waals surface area contributed by atoms with Crippen LogP contribution in [0.4, 0.5) is 0 Å². The minimum Gasteiger partial charge on any atom is -0.462 e. The summed E-state index contributed by atoms with van der Waals surface area (Å²) in [7, 11) is 0. The van der Waals surface area contributed by atoms with E-state index in [-0.39, 0.29) is 12.2 Å². The highest BCUT2D eigenvalue weighted by atomic mass is 32.2. The summed E-state index contributed by atoms with van der Waals surface area (Å²) in [5.41, 5.74) is 3.14. The molecule has 0 unspecified atom stereocenters. The van der Waals surface area contributed by atoms with Gasteiger partial charge in [0.2, 0.25) is 0 Å². The highest BCUT2D eigenvalue weighted by Gasteiger charge is 2.16. The predicted molar refractivity (Wildman–Crippen MR) is 125 cm³/mol. The van der Waals surface area contributed by atoms with Crippen LogP contribution < -0.4 is 0 Å². The quantitative estimate of drug-likeness (QED) is 0.139. The van der Waals surface area contributed by atoms with Gasteiger partial charge in [0, 0.05) is 22.2 Å².